The average Bonchev–Trinajstić information content (AvgIpc) is 2.61. The fourth-order valence-electron chi connectivity index (χ4n) is 2.81. The molecule has 4 nitrogen and oxygen atoms in total. The summed E-state index contributed by atoms with van der Waals surface area (Å²) in [5, 5.41) is 0. The summed E-state index contributed by atoms with van der Waals surface area (Å²) in [6.07, 6.45) is 1.12. The lowest BCUT2D eigenvalue weighted by molar-refractivity contribution is 0.763. The van der Waals surface area contributed by atoms with E-state index < -0.39 is 0 Å². The summed E-state index contributed by atoms with van der Waals surface area (Å²) in [6.45, 7) is 2.09. The van der Waals surface area contributed by atoms with Gasteiger partial charge in [0.25, 0.3) is 0 Å². The Balaban J connectivity index is 1.82. The maximum absolute atomic E-state index is 2.32. The molecule has 2 aromatic rings. The van der Waals surface area contributed by atoms with Gasteiger partial charge in [-0.05, 0) is 55.0 Å². The Morgan fingerprint density at radius 2 is 0.760 bits per heavy atom. The fourth-order valence-corrected chi connectivity index (χ4v) is 2.81. The number of anilines is 4. The Morgan fingerprint density at radius 1 is 0.480 bits per heavy atom. The highest BCUT2D eigenvalue weighted by Gasteiger charge is 2.05. The van der Waals surface area contributed by atoms with Crippen molar-refractivity contribution in [2.24, 2.45) is 0 Å². The summed E-state index contributed by atoms with van der Waals surface area (Å²) in [5.74, 6) is 0. The third-order valence-corrected chi connectivity index (χ3v) is 4.60. The van der Waals surface area contributed by atoms with Gasteiger partial charge < -0.3 is 19.6 Å². The molecule has 0 saturated heterocycles. The van der Waals surface area contributed by atoms with E-state index in [1.807, 2.05) is 0 Å². The minimum Gasteiger partial charge on any atom is -0.378 e. The molecule has 0 bridgehead atoms. The van der Waals surface area contributed by atoms with Crippen LogP contribution < -0.4 is 19.6 Å². The molecule has 0 aromatic heterocycles. The number of benzene rings is 2. The summed E-state index contributed by atoms with van der Waals surface area (Å²) in [7, 11) is 12.6. The Hall–Kier alpha value is -2.36. The minimum absolute atomic E-state index is 1.04. The monoisotopic (exact) mass is 340 g/mol. The van der Waals surface area contributed by atoms with Gasteiger partial charge in [0.05, 0.1) is 0 Å². The van der Waals surface area contributed by atoms with Crippen molar-refractivity contribution in [3.8, 4) is 0 Å². The van der Waals surface area contributed by atoms with Crippen molar-refractivity contribution in [1.29, 1.82) is 0 Å². The first kappa shape index (κ1) is 19.0. The van der Waals surface area contributed by atoms with E-state index in [0.29, 0.717) is 0 Å². The van der Waals surface area contributed by atoms with Gasteiger partial charge in [-0.25, -0.2) is 0 Å². The molecule has 25 heavy (non-hydrogen) atoms. The molecule has 0 saturated carbocycles. The van der Waals surface area contributed by atoms with E-state index in [0.717, 1.165) is 19.5 Å². The SMILES string of the molecule is CN(C)c1ccc(N(C)CCCN(C)c2ccc(N(C)C)cc2)cc1. The van der Waals surface area contributed by atoms with Crippen molar-refractivity contribution in [1.82, 2.24) is 0 Å². The van der Waals surface area contributed by atoms with Crippen LogP contribution in [0, 0.1) is 0 Å². The molecule has 136 valence electrons. The lowest BCUT2D eigenvalue weighted by Crippen LogP contribution is -2.25. The average molecular weight is 341 g/mol. The quantitative estimate of drug-likeness (QED) is 0.725. The second-order valence-corrected chi connectivity index (χ2v) is 7.02. The number of hydrogen-bond donors (Lipinski definition) is 0. The molecule has 0 heterocycles. The topological polar surface area (TPSA) is 13.0 Å². The standard InChI is InChI=1S/C21H32N4/c1-22(2)18-8-12-20(13-9-18)24(5)16-7-17-25(6)21-14-10-19(11-15-21)23(3)4/h8-15H,7,16-17H2,1-6H3. The molecule has 2 aromatic carbocycles. The van der Waals surface area contributed by atoms with Crippen molar-refractivity contribution in [3.05, 3.63) is 48.5 Å². The molecule has 0 atom stereocenters. The molecule has 0 unspecified atom stereocenters. The van der Waals surface area contributed by atoms with Crippen molar-refractivity contribution in [2.45, 2.75) is 6.42 Å². The third-order valence-electron chi connectivity index (χ3n) is 4.60. The van der Waals surface area contributed by atoms with Crippen LogP contribution in [0.5, 0.6) is 0 Å². The molecule has 0 N–H and O–H groups in total. The number of rotatable bonds is 8. The van der Waals surface area contributed by atoms with Crippen LogP contribution in [0.25, 0.3) is 0 Å². The zero-order valence-electron chi connectivity index (χ0n) is 16.5. The fraction of sp³-hybridized carbons (Fsp3) is 0.429. The predicted octanol–water partition coefficient (Wildman–Crippen LogP) is 3.78. The van der Waals surface area contributed by atoms with Gasteiger partial charge in [0.2, 0.25) is 0 Å². The molecule has 0 radical (unpaired) electrons. The zero-order chi connectivity index (χ0) is 18.4. The minimum atomic E-state index is 1.04. The molecule has 4 heteroatoms. The van der Waals surface area contributed by atoms with Crippen molar-refractivity contribution < 1.29 is 0 Å². The second-order valence-electron chi connectivity index (χ2n) is 7.02. The Labute approximate surface area is 153 Å². The lowest BCUT2D eigenvalue weighted by Gasteiger charge is -2.24. The van der Waals surface area contributed by atoms with E-state index in [1.165, 1.54) is 22.7 Å². The molecule has 0 spiro atoms. The van der Waals surface area contributed by atoms with Gasteiger partial charge in [-0.1, -0.05) is 0 Å². The van der Waals surface area contributed by atoms with Crippen LogP contribution in [0.15, 0.2) is 48.5 Å². The van der Waals surface area contributed by atoms with Crippen LogP contribution >= 0.6 is 0 Å². The summed E-state index contributed by atoms with van der Waals surface area (Å²) in [5.41, 5.74) is 5.00. The molecule has 0 fully saturated rings. The van der Waals surface area contributed by atoms with E-state index in [9.17, 15) is 0 Å². The maximum atomic E-state index is 2.32. The highest BCUT2D eigenvalue weighted by Crippen LogP contribution is 2.20. The largest absolute Gasteiger partial charge is 0.378 e. The molecular formula is C21H32N4. The van der Waals surface area contributed by atoms with E-state index in [-0.39, 0.29) is 0 Å². The number of hydrogen-bond acceptors (Lipinski definition) is 4. The zero-order valence-corrected chi connectivity index (χ0v) is 16.5. The Kier molecular flexibility index (Phi) is 6.57. The smallest absolute Gasteiger partial charge is 0.0365 e. The van der Waals surface area contributed by atoms with Crippen LogP contribution in [-0.2, 0) is 0 Å². The van der Waals surface area contributed by atoms with Gasteiger partial charge in [-0.3, -0.25) is 0 Å². The summed E-state index contributed by atoms with van der Waals surface area (Å²) < 4.78 is 0. The van der Waals surface area contributed by atoms with Crippen molar-refractivity contribution >= 4 is 22.7 Å². The summed E-state index contributed by atoms with van der Waals surface area (Å²) in [4.78, 5) is 8.89. The summed E-state index contributed by atoms with van der Waals surface area (Å²) >= 11 is 0. The van der Waals surface area contributed by atoms with Crippen molar-refractivity contribution in [2.75, 3.05) is 75.0 Å². The maximum Gasteiger partial charge on any atom is 0.0365 e. The third kappa shape index (κ3) is 5.31. The van der Waals surface area contributed by atoms with Crippen LogP contribution in [0.2, 0.25) is 0 Å². The molecule has 0 amide bonds. The van der Waals surface area contributed by atoms with Crippen molar-refractivity contribution in [3.63, 3.8) is 0 Å². The number of nitrogens with zero attached hydrogens (tertiary/aromatic N) is 4. The Morgan fingerprint density at radius 3 is 1.04 bits per heavy atom. The highest BCUT2D eigenvalue weighted by atomic mass is 15.1. The molecule has 0 aliphatic heterocycles. The van der Waals surface area contributed by atoms with Gasteiger partial charge in [0, 0.05) is 78.1 Å². The normalized spacial score (nSPS) is 10.5. The molecular weight excluding hydrogens is 308 g/mol. The van der Waals surface area contributed by atoms with E-state index >= 15 is 0 Å². The van der Waals surface area contributed by atoms with Crippen LogP contribution in [0.1, 0.15) is 6.42 Å². The van der Waals surface area contributed by atoms with Crippen LogP contribution in [0.3, 0.4) is 0 Å². The van der Waals surface area contributed by atoms with Crippen LogP contribution in [-0.4, -0.2) is 55.4 Å². The van der Waals surface area contributed by atoms with E-state index in [4.69, 9.17) is 0 Å². The summed E-state index contributed by atoms with van der Waals surface area (Å²) in [6, 6.07) is 17.5. The molecule has 0 aliphatic rings. The highest BCUT2D eigenvalue weighted by molar-refractivity contribution is 5.56. The first-order valence-electron chi connectivity index (χ1n) is 8.85. The van der Waals surface area contributed by atoms with Crippen LogP contribution in [0.4, 0.5) is 22.7 Å². The van der Waals surface area contributed by atoms with Gasteiger partial charge in [-0.2, -0.15) is 0 Å². The lowest BCUT2D eigenvalue weighted by atomic mass is 10.2. The second kappa shape index (κ2) is 8.65. The van der Waals surface area contributed by atoms with Gasteiger partial charge in [0.15, 0.2) is 0 Å². The van der Waals surface area contributed by atoms with Gasteiger partial charge >= 0.3 is 0 Å². The molecule has 2 rings (SSSR count). The first-order chi connectivity index (χ1) is 11.9. The Bertz CT molecular complexity index is 574. The van der Waals surface area contributed by atoms with Gasteiger partial charge in [0.1, 0.15) is 0 Å². The van der Waals surface area contributed by atoms with E-state index in [2.05, 4.69) is 110 Å². The molecule has 0 aliphatic carbocycles. The predicted molar refractivity (Wildman–Crippen MR) is 113 cm³/mol. The first-order valence-corrected chi connectivity index (χ1v) is 8.85. The van der Waals surface area contributed by atoms with E-state index in [1.54, 1.807) is 0 Å². The van der Waals surface area contributed by atoms with Gasteiger partial charge in [-0.15, -0.1) is 0 Å².